The Morgan fingerprint density at radius 1 is 1.22 bits per heavy atom. The van der Waals surface area contributed by atoms with Crippen LogP contribution >= 0.6 is 15.9 Å². The summed E-state index contributed by atoms with van der Waals surface area (Å²) in [6.45, 7) is 10.5. The van der Waals surface area contributed by atoms with E-state index in [0.717, 1.165) is 15.7 Å². The minimum Gasteiger partial charge on any atom is -0.314 e. The Bertz CT molecular complexity index is 526. The second-order valence-electron chi connectivity index (χ2n) is 6.59. The summed E-state index contributed by atoms with van der Waals surface area (Å²) in [6, 6.07) is 4.20. The number of hydrogen-bond donors (Lipinski definition) is 0. The van der Waals surface area contributed by atoms with E-state index in [1.54, 1.807) is 0 Å². The molecule has 3 heteroatoms. The molecule has 1 aromatic carbocycles. The first-order valence-corrected chi connectivity index (χ1v) is 6.99. The number of hydrogen-bond acceptors (Lipinski definition) is 1. The molecule has 0 saturated heterocycles. The second-order valence-corrected chi connectivity index (χ2v) is 7.50. The number of amides is 1. The van der Waals surface area contributed by atoms with E-state index in [4.69, 9.17) is 0 Å². The van der Waals surface area contributed by atoms with Crippen LogP contribution in [0.4, 0.5) is 5.69 Å². The first kappa shape index (κ1) is 13.6. The van der Waals surface area contributed by atoms with E-state index < -0.39 is 5.41 Å². The summed E-state index contributed by atoms with van der Waals surface area (Å²) in [5.41, 5.74) is 3.00. The molecule has 98 valence electrons. The molecule has 0 spiro atoms. The SMILES string of the molecule is CN1C(=O)C(C)(C)c2cc(Br)cc(C(C)(C)C)c21. The average molecular weight is 310 g/mol. The largest absolute Gasteiger partial charge is 0.314 e. The molecule has 0 bridgehead atoms. The lowest BCUT2D eigenvalue weighted by Crippen LogP contribution is -2.33. The topological polar surface area (TPSA) is 20.3 Å². The highest BCUT2D eigenvalue weighted by Gasteiger charge is 2.44. The van der Waals surface area contributed by atoms with Crippen LogP contribution in [0.2, 0.25) is 0 Å². The smallest absolute Gasteiger partial charge is 0.236 e. The van der Waals surface area contributed by atoms with E-state index in [1.165, 1.54) is 5.56 Å². The lowest BCUT2D eigenvalue weighted by Gasteiger charge is -2.26. The third-order valence-electron chi connectivity index (χ3n) is 3.73. The van der Waals surface area contributed by atoms with Crippen LogP contribution in [0.15, 0.2) is 16.6 Å². The summed E-state index contributed by atoms with van der Waals surface area (Å²) in [4.78, 5) is 14.2. The van der Waals surface area contributed by atoms with Crippen LogP contribution in [-0.4, -0.2) is 13.0 Å². The summed E-state index contributed by atoms with van der Waals surface area (Å²) in [5.74, 6) is 0.168. The quantitative estimate of drug-likeness (QED) is 0.709. The molecule has 0 radical (unpaired) electrons. The number of fused-ring (bicyclic) bond motifs is 1. The number of carbonyl (C=O) groups is 1. The summed E-state index contributed by atoms with van der Waals surface area (Å²) in [6.07, 6.45) is 0. The second kappa shape index (κ2) is 3.83. The fourth-order valence-corrected chi connectivity index (χ4v) is 3.10. The fraction of sp³-hybridized carbons (Fsp3) is 0.533. The molecule has 0 saturated carbocycles. The van der Waals surface area contributed by atoms with Gasteiger partial charge in [-0.3, -0.25) is 4.79 Å². The Hall–Kier alpha value is -0.830. The maximum atomic E-state index is 12.4. The molecule has 1 aliphatic rings. The lowest BCUT2D eigenvalue weighted by molar-refractivity contribution is -0.121. The van der Waals surface area contributed by atoms with Crippen molar-refractivity contribution in [2.24, 2.45) is 0 Å². The first-order valence-electron chi connectivity index (χ1n) is 6.19. The highest BCUT2D eigenvalue weighted by atomic mass is 79.9. The highest BCUT2D eigenvalue weighted by molar-refractivity contribution is 9.10. The number of likely N-dealkylation sites (N-methyl/N-ethyl adjacent to an activating group) is 1. The van der Waals surface area contributed by atoms with E-state index in [9.17, 15) is 4.79 Å². The maximum absolute atomic E-state index is 12.4. The third kappa shape index (κ3) is 1.80. The number of anilines is 1. The molecule has 1 heterocycles. The zero-order valence-corrected chi connectivity index (χ0v) is 13.5. The monoisotopic (exact) mass is 309 g/mol. The third-order valence-corrected chi connectivity index (χ3v) is 4.19. The minimum absolute atomic E-state index is 0.0167. The van der Waals surface area contributed by atoms with E-state index in [0.29, 0.717) is 0 Å². The number of benzene rings is 1. The van der Waals surface area contributed by atoms with Crippen molar-refractivity contribution in [1.29, 1.82) is 0 Å². The Balaban J connectivity index is 2.81. The molecule has 18 heavy (non-hydrogen) atoms. The molecule has 0 aliphatic carbocycles. The molecule has 0 fully saturated rings. The van der Waals surface area contributed by atoms with Gasteiger partial charge in [0.2, 0.25) is 5.91 Å². The van der Waals surface area contributed by atoms with Crippen LogP contribution in [0.5, 0.6) is 0 Å². The zero-order valence-electron chi connectivity index (χ0n) is 11.9. The van der Waals surface area contributed by atoms with Gasteiger partial charge in [-0.1, -0.05) is 36.7 Å². The van der Waals surface area contributed by atoms with Crippen molar-refractivity contribution in [2.45, 2.75) is 45.4 Å². The number of rotatable bonds is 0. The van der Waals surface area contributed by atoms with E-state index >= 15 is 0 Å². The van der Waals surface area contributed by atoms with Gasteiger partial charge in [0.15, 0.2) is 0 Å². The van der Waals surface area contributed by atoms with Crippen LogP contribution in [0.3, 0.4) is 0 Å². The summed E-state index contributed by atoms with van der Waals surface area (Å²) < 4.78 is 1.04. The van der Waals surface area contributed by atoms with Gasteiger partial charge in [-0.05, 0) is 42.5 Å². The summed E-state index contributed by atoms with van der Waals surface area (Å²) in [5, 5.41) is 0. The van der Waals surface area contributed by atoms with E-state index in [-0.39, 0.29) is 11.3 Å². The van der Waals surface area contributed by atoms with Gasteiger partial charge in [0, 0.05) is 11.5 Å². The molecule has 1 amide bonds. The van der Waals surface area contributed by atoms with Gasteiger partial charge in [-0.15, -0.1) is 0 Å². The van der Waals surface area contributed by atoms with Crippen LogP contribution in [-0.2, 0) is 15.6 Å². The summed E-state index contributed by atoms with van der Waals surface area (Å²) >= 11 is 3.57. The number of halogens is 1. The molecule has 0 aromatic heterocycles. The number of nitrogens with zero attached hydrogens (tertiary/aromatic N) is 1. The summed E-state index contributed by atoms with van der Waals surface area (Å²) in [7, 11) is 1.87. The highest BCUT2D eigenvalue weighted by Crippen LogP contribution is 2.47. The molecule has 1 aromatic rings. The van der Waals surface area contributed by atoms with Crippen LogP contribution in [0, 0.1) is 0 Å². The van der Waals surface area contributed by atoms with Gasteiger partial charge in [0.1, 0.15) is 0 Å². The minimum atomic E-state index is -0.437. The van der Waals surface area contributed by atoms with Gasteiger partial charge in [0.25, 0.3) is 0 Å². The van der Waals surface area contributed by atoms with Crippen LogP contribution < -0.4 is 4.90 Å². The standard InChI is InChI=1S/C15H20BrNO/c1-14(2,3)10-7-9(16)8-11-12(10)17(6)13(18)15(11,4)5/h7-8H,1-6H3. The van der Waals surface area contributed by atoms with Crippen LogP contribution in [0.25, 0.3) is 0 Å². The molecule has 2 rings (SSSR count). The molecule has 1 aliphatic heterocycles. The predicted octanol–water partition coefficient (Wildman–Crippen LogP) is 4.00. The van der Waals surface area contributed by atoms with E-state index in [2.05, 4.69) is 48.8 Å². The molecule has 0 atom stereocenters. The molecule has 0 unspecified atom stereocenters. The van der Waals surface area contributed by atoms with Crippen molar-refractivity contribution in [1.82, 2.24) is 0 Å². The van der Waals surface area contributed by atoms with E-state index in [1.807, 2.05) is 25.8 Å². The van der Waals surface area contributed by atoms with Gasteiger partial charge in [-0.25, -0.2) is 0 Å². The Labute approximate surface area is 117 Å². The Morgan fingerprint density at radius 2 is 1.78 bits per heavy atom. The van der Waals surface area contributed by atoms with Gasteiger partial charge in [0.05, 0.1) is 11.1 Å². The van der Waals surface area contributed by atoms with Crippen molar-refractivity contribution in [3.8, 4) is 0 Å². The lowest BCUT2D eigenvalue weighted by atomic mass is 9.80. The Morgan fingerprint density at radius 3 is 2.28 bits per heavy atom. The van der Waals surface area contributed by atoms with Crippen molar-refractivity contribution in [3.05, 3.63) is 27.7 Å². The average Bonchev–Trinajstić information content (AvgIpc) is 2.39. The first-order chi connectivity index (χ1) is 8.06. The van der Waals surface area contributed by atoms with Crippen molar-refractivity contribution in [3.63, 3.8) is 0 Å². The molecule has 0 N–H and O–H groups in total. The van der Waals surface area contributed by atoms with Crippen molar-refractivity contribution < 1.29 is 4.79 Å². The van der Waals surface area contributed by atoms with Gasteiger partial charge < -0.3 is 4.90 Å². The fourth-order valence-electron chi connectivity index (χ4n) is 2.64. The maximum Gasteiger partial charge on any atom is 0.236 e. The van der Waals surface area contributed by atoms with Crippen LogP contribution in [0.1, 0.15) is 45.7 Å². The Kier molecular flexibility index (Phi) is 2.89. The molecule has 2 nitrogen and oxygen atoms in total. The predicted molar refractivity (Wildman–Crippen MR) is 79.3 cm³/mol. The molecular formula is C15H20BrNO. The van der Waals surface area contributed by atoms with Crippen molar-refractivity contribution in [2.75, 3.05) is 11.9 Å². The van der Waals surface area contributed by atoms with Gasteiger partial charge >= 0.3 is 0 Å². The zero-order chi connectivity index (χ0) is 13.9. The normalized spacial score (nSPS) is 18.2. The number of carbonyl (C=O) groups excluding carboxylic acids is 1. The van der Waals surface area contributed by atoms with Crippen molar-refractivity contribution >= 4 is 27.5 Å². The van der Waals surface area contributed by atoms with Gasteiger partial charge in [-0.2, -0.15) is 0 Å². The molecular weight excluding hydrogens is 290 g/mol.